The van der Waals surface area contributed by atoms with Gasteiger partial charge in [-0.15, -0.1) is 4.98 Å². The second kappa shape index (κ2) is 8.30. The third-order valence-corrected chi connectivity index (χ3v) is 3.29. The van der Waals surface area contributed by atoms with Gasteiger partial charge in [-0.1, -0.05) is 30.3 Å². The zero-order chi connectivity index (χ0) is 17.5. The van der Waals surface area contributed by atoms with Crippen LogP contribution in [0.5, 0.6) is 23.5 Å². The Kier molecular flexibility index (Phi) is 5.64. The highest BCUT2D eigenvalue weighted by atomic mass is 35.5. The van der Waals surface area contributed by atoms with E-state index in [4.69, 9.17) is 25.8 Å². The van der Waals surface area contributed by atoms with E-state index in [1.54, 1.807) is 12.1 Å². The molecule has 0 bridgehead atoms. The first-order chi connectivity index (χ1) is 12.2. The van der Waals surface area contributed by atoms with Crippen molar-refractivity contribution >= 4 is 11.6 Å². The molecule has 7 heteroatoms. The second-order valence-electron chi connectivity index (χ2n) is 4.95. The van der Waals surface area contributed by atoms with Crippen LogP contribution >= 0.6 is 11.6 Å². The Morgan fingerprint density at radius 1 is 0.800 bits per heavy atom. The lowest BCUT2D eigenvalue weighted by atomic mass is 10.2. The highest BCUT2D eigenvalue weighted by Crippen LogP contribution is 2.23. The molecule has 128 valence electrons. The number of hydrogen-bond donors (Lipinski definition) is 0. The van der Waals surface area contributed by atoms with Gasteiger partial charge in [-0.25, -0.2) is 0 Å². The van der Waals surface area contributed by atoms with Gasteiger partial charge in [0, 0.05) is 0 Å². The summed E-state index contributed by atoms with van der Waals surface area (Å²) in [5.41, 5.74) is 1.10. The predicted molar refractivity (Wildman–Crippen MR) is 93.3 cm³/mol. The Morgan fingerprint density at radius 2 is 1.48 bits per heavy atom. The van der Waals surface area contributed by atoms with Crippen molar-refractivity contribution in [2.45, 2.75) is 13.5 Å². The molecule has 25 heavy (non-hydrogen) atoms. The minimum atomic E-state index is 0.0104. The molecule has 0 N–H and O–H groups in total. The van der Waals surface area contributed by atoms with Gasteiger partial charge < -0.3 is 14.2 Å². The van der Waals surface area contributed by atoms with Crippen LogP contribution in [-0.4, -0.2) is 21.6 Å². The SMILES string of the molecule is CCOc1nc(Cl)nc(Oc2ccc(OCc3ccccc3)cc2)n1. The van der Waals surface area contributed by atoms with E-state index in [2.05, 4.69) is 15.0 Å². The smallest absolute Gasteiger partial charge is 0.329 e. The fourth-order valence-corrected chi connectivity index (χ4v) is 2.15. The van der Waals surface area contributed by atoms with Gasteiger partial charge in [-0.3, -0.25) is 0 Å². The molecule has 3 rings (SSSR count). The third kappa shape index (κ3) is 5.06. The third-order valence-electron chi connectivity index (χ3n) is 3.12. The number of nitrogens with zero attached hydrogens (tertiary/aromatic N) is 3. The Balaban J connectivity index is 1.62. The summed E-state index contributed by atoms with van der Waals surface area (Å²) >= 11 is 5.83. The highest BCUT2D eigenvalue weighted by Gasteiger charge is 2.08. The summed E-state index contributed by atoms with van der Waals surface area (Å²) in [5, 5.41) is 0.0104. The summed E-state index contributed by atoms with van der Waals surface area (Å²) in [6, 6.07) is 17.3. The lowest BCUT2D eigenvalue weighted by molar-refractivity contribution is 0.301. The molecule has 0 saturated carbocycles. The van der Waals surface area contributed by atoms with Crippen LogP contribution < -0.4 is 14.2 Å². The molecule has 0 unspecified atom stereocenters. The maximum Gasteiger partial charge on any atom is 0.329 e. The predicted octanol–water partition coefficient (Wildman–Crippen LogP) is 4.30. The van der Waals surface area contributed by atoms with E-state index in [0.717, 1.165) is 11.3 Å². The van der Waals surface area contributed by atoms with Crippen LogP contribution in [0.2, 0.25) is 5.28 Å². The van der Waals surface area contributed by atoms with Crippen LogP contribution in [0.25, 0.3) is 0 Å². The van der Waals surface area contributed by atoms with Crippen LogP contribution in [-0.2, 0) is 6.61 Å². The van der Waals surface area contributed by atoms with Gasteiger partial charge in [0.15, 0.2) is 0 Å². The molecule has 0 aliphatic rings. The van der Waals surface area contributed by atoms with Gasteiger partial charge in [-0.05, 0) is 48.4 Å². The maximum absolute atomic E-state index is 5.83. The summed E-state index contributed by atoms with van der Waals surface area (Å²) in [4.78, 5) is 11.8. The Hall–Kier alpha value is -2.86. The van der Waals surface area contributed by atoms with Crippen molar-refractivity contribution in [2.24, 2.45) is 0 Å². The van der Waals surface area contributed by atoms with Gasteiger partial charge in [0.2, 0.25) is 5.28 Å². The molecule has 3 aromatic rings. The number of ether oxygens (including phenoxy) is 3. The molecule has 0 aliphatic carbocycles. The van der Waals surface area contributed by atoms with E-state index in [1.165, 1.54) is 0 Å². The minimum absolute atomic E-state index is 0.0104. The largest absolute Gasteiger partial charge is 0.489 e. The number of rotatable bonds is 7. The zero-order valence-electron chi connectivity index (χ0n) is 13.6. The summed E-state index contributed by atoms with van der Waals surface area (Å²) in [7, 11) is 0. The monoisotopic (exact) mass is 357 g/mol. The van der Waals surface area contributed by atoms with Crippen LogP contribution in [0, 0.1) is 0 Å². The Labute approximate surface area is 150 Å². The Morgan fingerprint density at radius 3 is 2.20 bits per heavy atom. The first-order valence-corrected chi connectivity index (χ1v) is 8.10. The van der Waals surface area contributed by atoms with Crippen molar-refractivity contribution in [3.63, 3.8) is 0 Å². The lowest BCUT2D eigenvalue weighted by Gasteiger charge is -2.08. The quantitative estimate of drug-likeness (QED) is 0.628. The van der Waals surface area contributed by atoms with E-state index in [9.17, 15) is 0 Å². The molecule has 0 atom stereocenters. The summed E-state index contributed by atoms with van der Waals surface area (Å²) in [6.07, 6.45) is 0. The second-order valence-corrected chi connectivity index (χ2v) is 5.29. The molecule has 0 radical (unpaired) electrons. The zero-order valence-corrected chi connectivity index (χ0v) is 14.3. The van der Waals surface area contributed by atoms with E-state index in [-0.39, 0.29) is 17.3 Å². The maximum atomic E-state index is 5.83. The van der Waals surface area contributed by atoms with Crippen molar-refractivity contribution < 1.29 is 14.2 Å². The van der Waals surface area contributed by atoms with Crippen LogP contribution in [0.3, 0.4) is 0 Å². The highest BCUT2D eigenvalue weighted by molar-refractivity contribution is 6.28. The van der Waals surface area contributed by atoms with Crippen LogP contribution in [0.15, 0.2) is 54.6 Å². The van der Waals surface area contributed by atoms with Gasteiger partial charge in [0.1, 0.15) is 18.1 Å². The van der Waals surface area contributed by atoms with Crippen molar-refractivity contribution in [1.82, 2.24) is 15.0 Å². The van der Waals surface area contributed by atoms with Crippen molar-refractivity contribution in [3.05, 3.63) is 65.4 Å². The topological polar surface area (TPSA) is 66.4 Å². The standard InChI is InChI=1S/C18H16ClN3O3/c1-2-23-17-20-16(19)21-18(22-17)25-15-10-8-14(9-11-15)24-12-13-6-4-3-5-7-13/h3-11H,2,12H2,1H3. The lowest BCUT2D eigenvalue weighted by Crippen LogP contribution is -2.01. The molecule has 1 heterocycles. The van der Waals surface area contributed by atoms with Crippen LogP contribution in [0.4, 0.5) is 0 Å². The molecule has 0 amide bonds. The molecular weight excluding hydrogens is 342 g/mol. The van der Waals surface area contributed by atoms with E-state index < -0.39 is 0 Å². The summed E-state index contributed by atoms with van der Waals surface area (Å²) < 4.78 is 16.5. The molecule has 0 spiro atoms. The summed E-state index contributed by atoms with van der Waals surface area (Å²) in [5.74, 6) is 1.29. The molecule has 0 saturated heterocycles. The molecule has 2 aromatic carbocycles. The molecular formula is C18H16ClN3O3. The van der Waals surface area contributed by atoms with Crippen molar-refractivity contribution in [1.29, 1.82) is 0 Å². The molecule has 0 fully saturated rings. The van der Waals surface area contributed by atoms with Gasteiger partial charge in [0.25, 0.3) is 0 Å². The minimum Gasteiger partial charge on any atom is -0.489 e. The normalized spacial score (nSPS) is 10.3. The van der Waals surface area contributed by atoms with Gasteiger partial charge in [0.05, 0.1) is 6.61 Å². The Bertz CT molecular complexity index is 814. The molecule has 1 aromatic heterocycles. The van der Waals surface area contributed by atoms with Gasteiger partial charge in [-0.2, -0.15) is 9.97 Å². The summed E-state index contributed by atoms with van der Waals surface area (Å²) in [6.45, 7) is 2.75. The van der Waals surface area contributed by atoms with E-state index in [0.29, 0.717) is 19.0 Å². The number of halogens is 1. The average Bonchev–Trinajstić information content (AvgIpc) is 2.62. The number of aromatic nitrogens is 3. The van der Waals surface area contributed by atoms with E-state index in [1.807, 2.05) is 49.4 Å². The number of hydrogen-bond acceptors (Lipinski definition) is 6. The molecule has 6 nitrogen and oxygen atoms in total. The molecule has 0 aliphatic heterocycles. The average molecular weight is 358 g/mol. The first-order valence-electron chi connectivity index (χ1n) is 7.72. The van der Waals surface area contributed by atoms with Crippen molar-refractivity contribution in [2.75, 3.05) is 6.61 Å². The van der Waals surface area contributed by atoms with Gasteiger partial charge >= 0.3 is 12.0 Å². The first kappa shape index (κ1) is 17.0. The number of benzene rings is 2. The van der Waals surface area contributed by atoms with E-state index >= 15 is 0 Å². The van der Waals surface area contributed by atoms with Crippen LogP contribution in [0.1, 0.15) is 12.5 Å². The van der Waals surface area contributed by atoms with Crippen molar-refractivity contribution in [3.8, 4) is 23.5 Å². The fourth-order valence-electron chi connectivity index (χ4n) is 2.00. The fraction of sp³-hybridized carbons (Fsp3) is 0.167.